The topological polar surface area (TPSA) is 66.5 Å². The summed E-state index contributed by atoms with van der Waals surface area (Å²) in [6.45, 7) is 3.74. The summed E-state index contributed by atoms with van der Waals surface area (Å²) in [7, 11) is -4.08. The van der Waals surface area contributed by atoms with Crippen molar-refractivity contribution >= 4 is 21.6 Å². The van der Waals surface area contributed by atoms with Crippen molar-refractivity contribution in [2.24, 2.45) is 5.92 Å². The molecule has 5 nitrogen and oxygen atoms in total. The molecule has 0 aliphatic carbocycles. The molecule has 0 bridgehead atoms. The van der Waals surface area contributed by atoms with E-state index < -0.39 is 28.3 Å². The Morgan fingerprint density at radius 1 is 0.906 bits per heavy atom. The first-order valence-corrected chi connectivity index (χ1v) is 11.9. The predicted molar refractivity (Wildman–Crippen MR) is 124 cm³/mol. The molecule has 0 heterocycles. The van der Waals surface area contributed by atoms with E-state index in [1.54, 1.807) is 30.3 Å². The van der Waals surface area contributed by atoms with Crippen molar-refractivity contribution in [3.63, 3.8) is 0 Å². The van der Waals surface area contributed by atoms with E-state index in [1.165, 1.54) is 12.1 Å². The molecule has 0 saturated carbocycles. The molecule has 0 fully saturated rings. The molecule has 0 aromatic heterocycles. The molecule has 0 aliphatic heterocycles. The Bertz CT molecular complexity index is 1120. The van der Waals surface area contributed by atoms with Crippen LogP contribution in [0, 0.1) is 11.7 Å². The Hall–Kier alpha value is -3.19. The van der Waals surface area contributed by atoms with Crippen molar-refractivity contribution in [2.45, 2.75) is 31.2 Å². The molecule has 168 valence electrons. The zero-order valence-electron chi connectivity index (χ0n) is 18.1. The van der Waals surface area contributed by atoms with Gasteiger partial charge in [0.1, 0.15) is 12.4 Å². The summed E-state index contributed by atoms with van der Waals surface area (Å²) >= 11 is 0. The van der Waals surface area contributed by atoms with Crippen LogP contribution in [0.5, 0.6) is 0 Å². The SMILES string of the molecule is CC(C)C[C@@H](NC(=O)CN(c1ccccc1)S(=O)(=O)c1ccc(F)cc1)c1ccccc1. The fourth-order valence-corrected chi connectivity index (χ4v) is 4.87. The number of nitrogens with zero attached hydrogens (tertiary/aromatic N) is 1. The van der Waals surface area contributed by atoms with Gasteiger partial charge in [0.05, 0.1) is 16.6 Å². The highest BCUT2D eigenvalue weighted by molar-refractivity contribution is 7.92. The van der Waals surface area contributed by atoms with Crippen LogP contribution in [0.4, 0.5) is 10.1 Å². The second kappa shape index (κ2) is 10.4. The van der Waals surface area contributed by atoms with Gasteiger partial charge in [-0.25, -0.2) is 12.8 Å². The van der Waals surface area contributed by atoms with E-state index in [2.05, 4.69) is 19.2 Å². The van der Waals surface area contributed by atoms with Crippen molar-refractivity contribution in [2.75, 3.05) is 10.8 Å². The number of sulfonamides is 1. The number of carbonyl (C=O) groups is 1. The lowest BCUT2D eigenvalue weighted by atomic mass is 9.97. The summed E-state index contributed by atoms with van der Waals surface area (Å²) in [6, 6.07) is 22.3. The number of nitrogens with one attached hydrogen (secondary N) is 1. The first kappa shape index (κ1) is 23.5. The summed E-state index contributed by atoms with van der Waals surface area (Å²) in [5.74, 6) is -0.630. The average Bonchev–Trinajstić information content (AvgIpc) is 2.78. The standard InChI is InChI=1S/C25H27FN2O3S/c1-19(2)17-24(20-9-5-3-6-10-20)27-25(29)18-28(22-11-7-4-8-12-22)32(30,31)23-15-13-21(26)14-16-23/h3-16,19,24H,17-18H2,1-2H3,(H,27,29)/t24-/m1/s1. The molecule has 0 saturated heterocycles. The van der Waals surface area contributed by atoms with Gasteiger partial charge in [-0.3, -0.25) is 9.10 Å². The molecule has 0 radical (unpaired) electrons. The maximum Gasteiger partial charge on any atom is 0.264 e. The van der Waals surface area contributed by atoms with Crippen molar-refractivity contribution in [3.05, 3.63) is 96.3 Å². The van der Waals surface area contributed by atoms with Crippen molar-refractivity contribution in [3.8, 4) is 0 Å². The third-order valence-corrected chi connectivity index (χ3v) is 6.77. The quantitative estimate of drug-likeness (QED) is 0.499. The number of carbonyl (C=O) groups excluding carboxylic acids is 1. The number of para-hydroxylation sites is 1. The number of halogens is 1. The lowest BCUT2D eigenvalue weighted by molar-refractivity contribution is -0.120. The van der Waals surface area contributed by atoms with Crippen LogP contribution in [-0.4, -0.2) is 20.9 Å². The van der Waals surface area contributed by atoms with Crippen LogP contribution in [0.15, 0.2) is 89.8 Å². The highest BCUT2D eigenvalue weighted by Crippen LogP contribution is 2.25. The molecule has 1 atom stereocenters. The fourth-order valence-electron chi connectivity index (χ4n) is 3.45. The normalized spacial score (nSPS) is 12.4. The molecule has 3 rings (SSSR count). The van der Waals surface area contributed by atoms with Gasteiger partial charge in [-0.05, 0) is 54.3 Å². The molecule has 0 unspecified atom stereocenters. The first-order valence-electron chi connectivity index (χ1n) is 10.4. The minimum absolute atomic E-state index is 0.0858. The number of hydrogen-bond acceptors (Lipinski definition) is 3. The number of benzene rings is 3. The molecule has 3 aromatic rings. The minimum atomic E-state index is -4.08. The van der Waals surface area contributed by atoms with Crippen LogP contribution >= 0.6 is 0 Å². The van der Waals surface area contributed by atoms with Gasteiger partial charge in [-0.2, -0.15) is 0 Å². The number of anilines is 1. The van der Waals surface area contributed by atoms with Crippen molar-refractivity contribution in [1.29, 1.82) is 0 Å². The van der Waals surface area contributed by atoms with Crippen LogP contribution in [0.25, 0.3) is 0 Å². The molecular formula is C25H27FN2O3S. The summed E-state index contributed by atoms with van der Waals surface area (Å²) < 4.78 is 41.1. The molecule has 1 amide bonds. The van der Waals surface area contributed by atoms with Crippen LogP contribution in [0.1, 0.15) is 31.9 Å². The maximum absolute atomic E-state index is 13.3. The lowest BCUT2D eigenvalue weighted by Crippen LogP contribution is -2.42. The van der Waals surface area contributed by atoms with Gasteiger partial charge in [0, 0.05) is 0 Å². The molecule has 0 spiro atoms. The second-order valence-electron chi connectivity index (χ2n) is 7.96. The summed E-state index contributed by atoms with van der Waals surface area (Å²) in [6.07, 6.45) is 0.714. The summed E-state index contributed by atoms with van der Waals surface area (Å²) in [5, 5.41) is 2.99. The third kappa shape index (κ3) is 5.95. The van der Waals surface area contributed by atoms with Crippen LogP contribution in [-0.2, 0) is 14.8 Å². The van der Waals surface area contributed by atoms with E-state index in [9.17, 15) is 17.6 Å². The Labute approximate surface area is 188 Å². The number of amides is 1. The van der Waals surface area contributed by atoms with Crippen molar-refractivity contribution in [1.82, 2.24) is 5.32 Å². The monoisotopic (exact) mass is 454 g/mol. The van der Waals surface area contributed by atoms with E-state index in [-0.39, 0.29) is 10.9 Å². The minimum Gasteiger partial charge on any atom is -0.348 e. The van der Waals surface area contributed by atoms with Gasteiger partial charge < -0.3 is 5.32 Å². The van der Waals surface area contributed by atoms with Crippen LogP contribution in [0.2, 0.25) is 0 Å². The molecule has 1 N–H and O–H groups in total. The predicted octanol–water partition coefficient (Wildman–Crippen LogP) is 4.92. The highest BCUT2D eigenvalue weighted by Gasteiger charge is 2.28. The molecule has 0 aliphatic rings. The van der Waals surface area contributed by atoms with Gasteiger partial charge in [-0.1, -0.05) is 62.4 Å². The van der Waals surface area contributed by atoms with Gasteiger partial charge >= 0.3 is 0 Å². The Balaban J connectivity index is 1.89. The Morgan fingerprint density at radius 2 is 1.47 bits per heavy atom. The van der Waals surface area contributed by atoms with E-state index in [4.69, 9.17) is 0 Å². The van der Waals surface area contributed by atoms with Gasteiger partial charge in [0.2, 0.25) is 5.91 Å². The van der Waals surface area contributed by atoms with E-state index in [0.29, 0.717) is 18.0 Å². The summed E-state index contributed by atoms with van der Waals surface area (Å²) in [4.78, 5) is 13.0. The van der Waals surface area contributed by atoms with Crippen molar-refractivity contribution < 1.29 is 17.6 Å². The molecular weight excluding hydrogens is 427 g/mol. The zero-order valence-corrected chi connectivity index (χ0v) is 18.9. The Kier molecular flexibility index (Phi) is 7.64. The maximum atomic E-state index is 13.3. The van der Waals surface area contributed by atoms with Crippen LogP contribution in [0.3, 0.4) is 0 Å². The summed E-state index contributed by atoms with van der Waals surface area (Å²) in [5.41, 5.74) is 1.31. The van der Waals surface area contributed by atoms with Gasteiger partial charge in [0.25, 0.3) is 10.0 Å². The lowest BCUT2D eigenvalue weighted by Gasteiger charge is -2.26. The molecule has 32 heavy (non-hydrogen) atoms. The largest absolute Gasteiger partial charge is 0.348 e. The fraction of sp³-hybridized carbons (Fsp3) is 0.240. The first-order chi connectivity index (χ1) is 15.3. The number of rotatable bonds is 9. The van der Waals surface area contributed by atoms with Gasteiger partial charge in [0.15, 0.2) is 0 Å². The highest BCUT2D eigenvalue weighted by atomic mass is 32.2. The van der Waals surface area contributed by atoms with E-state index in [0.717, 1.165) is 22.0 Å². The van der Waals surface area contributed by atoms with Gasteiger partial charge in [-0.15, -0.1) is 0 Å². The molecule has 7 heteroatoms. The molecule has 3 aromatic carbocycles. The smallest absolute Gasteiger partial charge is 0.264 e. The third-order valence-electron chi connectivity index (χ3n) is 4.98. The average molecular weight is 455 g/mol. The van der Waals surface area contributed by atoms with E-state index in [1.807, 2.05) is 30.3 Å². The Morgan fingerprint density at radius 3 is 2.03 bits per heavy atom. The number of hydrogen-bond donors (Lipinski definition) is 1. The zero-order chi connectivity index (χ0) is 23.1. The van der Waals surface area contributed by atoms with E-state index >= 15 is 0 Å². The second-order valence-corrected chi connectivity index (χ2v) is 9.82. The van der Waals surface area contributed by atoms with Crippen LogP contribution < -0.4 is 9.62 Å².